The summed E-state index contributed by atoms with van der Waals surface area (Å²) < 4.78 is 4.60. The predicted octanol–water partition coefficient (Wildman–Crippen LogP) is 11.7. The van der Waals surface area contributed by atoms with E-state index in [2.05, 4.69) is 167 Å². The zero-order chi connectivity index (χ0) is 34.2. The van der Waals surface area contributed by atoms with Gasteiger partial charge in [-0.2, -0.15) is 9.97 Å². The fraction of sp³-hybridized carbons (Fsp3) is 0. The van der Waals surface area contributed by atoms with Gasteiger partial charge in [0.25, 0.3) is 0 Å². The molecule has 0 aliphatic heterocycles. The normalized spacial score (nSPS) is 11.8. The van der Waals surface area contributed by atoms with Crippen LogP contribution in [-0.4, -0.2) is 24.1 Å². The van der Waals surface area contributed by atoms with Crippen LogP contribution >= 0.6 is 0 Å². The van der Waals surface area contributed by atoms with E-state index in [9.17, 15) is 0 Å². The molecular formula is C47H29N5. The molecule has 0 amide bonds. The molecule has 0 saturated carbocycles. The number of para-hydroxylation sites is 2. The van der Waals surface area contributed by atoms with E-state index in [0.29, 0.717) is 17.6 Å². The summed E-state index contributed by atoms with van der Waals surface area (Å²) in [4.78, 5) is 15.6. The van der Waals surface area contributed by atoms with Crippen molar-refractivity contribution in [2.75, 3.05) is 0 Å². The van der Waals surface area contributed by atoms with Crippen LogP contribution in [0.15, 0.2) is 176 Å². The van der Waals surface area contributed by atoms with Crippen LogP contribution in [-0.2, 0) is 0 Å². The van der Waals surface area contributed by atoms with Crippen LogP contribution in [0.3, 0.4) is 0 Å². The van der Waals surface area contributed by atoms with E-state index >= 15 is 0 Å². The first-order valence-electron chi connectivity index (χ1n) is 17.5. The standard InChI is InChI=1S/C47H29N5/c1-2-14-32(15-3-1)45-48-46(34-23-22-30-12-4-5-16-33(30)28-34)50-47(49-45)52-42-27-24-31-13-6-7-17-36(31)44(42)39-26-25-35(29-43(39)52)51-40-20-10-8-18-37(40)38-19-9-11-21-41(38)51/h1-29H. The number of aromatic nitrogens is 5. The van der Waals surface area contributed by atoms with Gasteiger partial charge in [0, 0.05) is 38.4 Å². The Balaban J connectivity index is 1.25. The highest BCUT2D eigenvalue weighted by Crippen LogP contribution is 2.39. The lowest BCUT2D eigenvalue weighted by atomic mass is 10.0. The van der Waals surface area contributed by atoms with Gasteiger partial charge in [0.2, 0.25) is 5.95 Å². The van der Waals surface area contributed by atoms with E-state index in [0.717, 1.165) is 38.6 Å². The van der Waals surface area contributed by atoms with Crippen molar-refractivity contribution in [3.63, 3.8) is 0 Å². The van der Waals surface area contributed by atoms with Crippen LogP contribution in [0, 0.1) is 0 Å². The molecule has 11 rings (SSSR count). The van der Waals surface area contributed by atoms with Crippen LogP contribution in [0.5, 0.6) is 0 Å². The third-order valence-corrected chi connectivity index (χ3v) is 10.3. The fourth-order valence-electron chi connectivity index (χ4n) is 7.97. The zero-order valence-corrected chi connectivity index (χ0v) is 28.0. The van der Waals surface area contributed by atoms with Gasteiger partial charge in [-0.3, -0.25) is 4.57 Å². The maximum absolute atomic E-state index is 5.28. The molecule has 0 N–H and O–H groups in total. The fourth-order valence-corrected chi connectivity index (χ4v) is 7.97. The molecule has 11 aromatic rings. The van der Waals surface area contributed by atoms with E-state index in [1.807, 2.05) is 18.2 Å². The molecule has 3 aromatic heterocycles. The molecule has 5 nitrogen and oxygen atoms in total. The molecule has 0 fully saturated rings. The van der Waals surface area contributed by atoms with E-state index < -0.39 is 0 Å². The summed E-state index contributed by atoms with van der Waals surface area (Å²) in [6, 6.07) is 62.1. The van der Waals surface area contributed by atoms with Gasteiger partial charge in [-0.15, -0.1) is 0 Å². The van der Waals surface area contributed by atoms with Gasteiger partial charge in [-0.25, -0.2) is 4.98 Å². The van der Waals surface area contributed by atoms with Crippen molar-refractivity contribution in [1.82, 2.24) is 24.1 Å². The maximum Gasteiger partial charge on any atom is 0.238 e. The van der Waals surface area contributed by atoms with Gasteiger partial charge in [-0.05, 0) is 57.9 Å². The predicted molar refractivity (Wildman–Crippen MR) is 214 cm³/mol. The average molecular weight is 664 g/mol. The summed E-state index contributed by atoms with van der Waals surface area (Å²) in [6.45, 7) is 0. The monoisotopic (exact) mass is 663 g/mol. The molecule has 5 heteroatoms. The van der Waals surface area contributed by atoms with Gasteiger partial charge in [-0.1, -0.05) is 140 Å². The molecule has 0 aliphatic rings. The second-order valence-electron chi connectivity index (χ2n) is 13.3. The highest BCUT2D eigenvalue weighted by atomic mass is 15.2. The topological polar surface area (TPSA) is 48.5 Å². The van der Waals surface area contributed by atoms with Crippen molar-refractivity contribution in [3.05, 3.63) is 176 Å². The zero-order valence-electron chi connectivity index (χ0n) is 28.0. The summed E-state index contributed by atoms with van der Waals surface area (Å²) in [5.41, 5.74) is 7.36. The Morgan fingerprint density at radius 1 is 0.327 bits per heavy atom. The second kappa shape index (κ2) is 11.2. The Kier molecular flexibility index (Phi) is 6.18. The van der Waals surface area contributed by atoms with E-state index in [4.69, 9.17) is 15.0 Å². The van der Waals surface area contributed by atoms with Crippen molar-refractivity contribution in [2.45, 2.75) is 0 Å². The highest BCUT2D eigenvalue weighted by Gasteiger charge is 2.21. The highest BCUT2D eigenvalue weighted by molar-refractivity contribution is 6.21. The third-order valence-electron chi connectivity index (χ3n) is 10.3. The largest absolute Gasteiger partial charge is 0.309 e. The lowest BCUT2D eigenvalue weighted by Crippen LogP contribution is -2.06. The number of hydrogen-bond donors (Lipinski definition) is 0. The number of fused-ring (bicyclic) bond motifs is 9. The first kappa shape index (κ1) is 28.7. The van der Waals surface area contributed by atoms with Gasteiger partial charge < -0.3 is 4.57 Å². The molecule has 0 saturated heterocycles. The molecular weight excluding hydrogens is 635 g/mol. The molecule has 3 heterocycles. The molecule has 0 unspecified atom stereocenters. The minimum atomic E-state index is 0.576. The number of nitrogens with zero attached hydrogens (tertiary/aromatic N) is 5. The quantitative estimate of drug-likeness (QED) is 0.188. The van der Waals surface area contributed by atoms with Crippen molar-refractivity contribution in [3.8, 4) is 34.4 Å². The van der Waals surface area contributed by atoms with Crippen molar-refractivity contribution < 1.29 is 0 Å². The van der Waals surface area contributed by atoms with Crippen LogP contribution in [0.1, 0.15) is 0 Å². The molecule has 0 aliphatic carbocycles. The van der Waals surface area contributed by atoms with Crippen LogP contribution in [0.4, 0.5) is 0 Å². The van der Waals surface area contributed by atoms with E-state index in [1.165, 1.54) is 43.4 Å². The molecule has 8 aromatic carbocycles. The van der Waals surface area contributed by atoms with E-state index in [1.54, 1.807) is 0 Å². The summed E-state index contributed by atoms with van der Waals surface area (Å²) in [7, 11) is 0. The summed E-state index contributed by atoms with van der Waals surface area (Å²) in [5.74, 6) is 1.83. The lowest BCUT2D eigenvalue weighted by molar-refractivity contribution is 0.953. The Hall–Kier alpha value is -7.11. The van der Waals surface area contributed by atoms with Gasteiger partial charge in [0.15, 0.2) is 11.6 Å². The molecule has 52 heavy (non-hydrogen) atoms. The average Bonchev–Trinajstić information content (AvgIpc) is 3.73. The van der Waals surface area contributed by atoms with Gasteiger partial charge in [0.05, 0.1) is 22.1 Å². The Morgan fingerprint density at radius 2 is 0.942 bits per heavy atom. The SMILES string of the molecule is c1ccc(-c2nc(-c3ccc4ccccc4c3)nc(-n3c4cc(-n5c6ccccc6c6ccccc65)ccc4c4c5ccccc5ccc43)n2)cc1. The van der Waals surface area contributed by atoms with Crippen LogP contribution in [0.25, 0.3) is 99.6 Å². The molecule has 242 valence electrons. The number of rotatable bonds is 4. The van der Waals surface area contributed by atoms with Crippen LogP contribution < -0.4 is 0 Å². The lowest BCUT2D eigenvalue weighted by Gasteiger charge is -2.12. The third kappa shape index (κ3) is 4.33. The molecule has 0 atom stereocenters. The summed E-state index contributed by atoms with van der Waals surface area (Å²) in [6.07, 6.45) is 0. The molecule has 0 bridgehead atoms. The van der Waals surface area contributed by atoms with Crippen molar-refractivity contribution in [1.29, 1.82) is 0 Å². The van der Waals surface area contributed by atoms with Crippen molar-refractivity contribution in [2.24, 2.45) is 0 Å². The number of benzene rings is 8. The minimum Gasteiger partial charge on any atom is -0.309 e. The Labute approximate surface area is 298 Å². The Morgan fingerprint density at radius 3 is 1.71 bits per heavy atom. The van der Waals surface area contributed by atoms with Crippen LogP contribution in [0.2, 0.25) is 0 Å². The first-order chi connectivity index (χ1) is 25.8. The Bertz CT molecular complexity index is 3140. The van der Waals surface area contributed by atoms with Crippen molar-refractivity contribution >= 4 is 65.2 Å². The van der Waals surface area contributed by atoms with Gasteiger partial charge >= 0.3 is 0 Å². The summed E-state index contributed by atoms with van der Waals surface area (Å²) in [5, 5.41) is 9.49. The van der Waals surface area contributed by atoms with Gasteiger partial charge in [0.1, 0.15) is 0 Å². The first-order valence-corrected chi connectivity index (χ1v) is 17.5. The molecule has 0 radical (unpaired) electrons. The second-order valence-corrected chi connectivity index (χ2v) is 13.3. The smallest absolute Gasteiger partial charge is 0.238 e. The maximum atomic E-state index is 5.28. The minimum absolute atomic E-state index is 0.576. The molecule has 0 spiro atoms. The van der Waals surface area contributed by atoms with E-state index in [-0.39, 0.29) is 0 Å². The number of hydrogen-bond acceptors (Lipinski definition) is 3. The summed E-state index contributed by atoms with van der Waals surface area (Å²) >= 11 is 0.